The number of hydrogen-bond donors (Lipinski definition) is 2. The lowest BCUT2D eigenvalue weighted by molar-refractivity contribution is -0.119. The van der Waals surface area contributed by atoms with Crippen LogP contribution in [-0.4, -0.2) is 25.6 Å². The monoisotopic (exact) mass is 460 g/mol. The van der Waals surface area contributed by atoms with Crippen LogP contribution < -0.4 is 15.4 Å². The van der Waals surface area contributed by atoms with Gasteiger partial charge in [0.25, 0.3) is 0 Å². The minimum atomic E-state index is 0.0517. The van der Waals surface area contributed by atoms with E-state index in [1.807, 2.05) is 24.3 Å². The Balaban J connectivity index is 1.92. The normalized spacial score (nSPS) is 11.0. The van der Waals surface area contributed by atoms with Crippen molar-refractivity contribution in [2.45, 2.75) is 117 Å². The van der Waals surface area contributed by atoms with Crippen molar-refractivity contribution in [3.8, 4) is 5.75 Å². The molecule has 0 saturated heterocycles. The van der Waals surface area contributed by atoms with Gasteiger partial charge >= 0.3 is 0 Å². The van der Waals surface area contributed by atoms with Crippen LogP contribution in [0.2, 0.25) is 0 Å². The molecule has 0 spiro atoms. The van der Waals surface area contributed by atoms with Gasteiger partial charge in [-0.15, -0.1) is 0 Å². The molecule has 0 heterocycles. The second kappa shape index (κ2) is 20.9. The van der Waals surface area contributed by atoms with Gasteiger partial charge < -0.3 is 15.4 Å². The lowest BCUT2D eigenvalue weighted by Crippen LogP contribution is -2.30. The van der Waals surface area contributed by atoms with Gasteiger partial charge in [-0.1, -0.05) is 110 Å². The summed E-state index contributed by atoms with van der Waals surface area (Å²) in [6.07, 6.45) is 20.0. The van der Waals surface area contributed by atoms with Crippen LogP contribution in [0.3, 0.4) is 0 Å². The molecular weight excluding hydrogens is 408 g/mol. The van der Waals surface area contributed by atoms with Crippen LogP contribution >= 0.6 is 0 Å². The van der Waals surface area contributed by atoms with Gasteiger partial charge in [-0.2, -0.15) is 0 Å². The first-order valence-corrected chi connectivity index (χ1v) is 13.8. The van der Waals surface area contributed by atoms with E-state index in [1.54, 1.807) is 0 Å². The standard InChI is InChI=1S/C29H52N2O2/c1-4-5-6-7-8-9-10-11-12-13-14-15-16-17-22-30-29(32)25-31-27-19-18-20-28(24-27)33-23-21-26(2)3/h18-20,24,26,31H,4-17,21-23,25H2,1-3H3,(H,30,32). The molecule has 1 amide bonds. The molecule has 0 aromatic heterocycles. The summed E-state index contributed by atoms with van der Waals surface area (Å²) < 4.78 is 5.78. The molecule has 0 aliphatic heterocycles. The predicted octanol–water partition coefficient (Wildman–Crippen LogP) is 8.12. The highest BCUT2D eigenvalue weighted by Gasteiger charge is 2.03. The fraction of sp³-hybridized carbons (Fsp3) is 0.759. The minimum Gasteiger partial charge on any atom is -0.494 e. The van der Waals surface area contributed by atoms with Crippen LogP contribution in [0, 0.1) is 5.92 Å². The third-order valence-electron chi connectivity index (χ3n) is 6.10. The fourth-order valence-electron chi connectivity index (χ4n) is 3.90. The van der Waals surface area contributed by atoms with Crippen molar-refractivity contribution in [1.29, 1.82) is 0 Å². The zero-order valence-electron chi connectivity index (χ0n) is 21.9. The molecule has 1 rings (SSSR count). The van der Waals surface area contributed by atoms with Crippen LogP contribution in [0.4, 0.5) is 5.69 Å². The molecule has 0 aliphatic rings. The van der Waals surface area contributed by atoms with Crippen molar-refractivity contribution in [2.24, 2.45) is 5.92 Å². The van der Waals surface area contributed by atoms with E-state index in [4.69, 9.17) is 4.74 Å². The molecule has 190 valence electrons. The Hall–Kier alpha value is -1.71. The van der Waals surface area contributed by atoms with Crippen LogP contribution in [0.15, 0.2) is 24.3 Å². The summed E-state index contributed by atoms with van der Waals surface area (Å²) in [6, 6.07) is 7.85. The zero-order chi connectivity index (χ0) is 24.0. The first-order chi connectivity index (χ1) is 16.1. The van der Waals surface area contributed by atoms with Gasteiger partial charge in [0.1, 0.15) is 5.75 Å². The maximum absolute atomic E-state index is 12.1. The summed E-state index contributed by atoms with van der Waals surface area (Å²) in [5, 5.41) is 6.22. The number of amides is 1. The average Bonchev–Trinajstić information content (AvgIpc) is 2.80. The fourth-order valence-corrected chi connectivity index (χ4v) is 3.90. The van der Waals surface area contributed by atoms with Gasteiger partial charge in [0, 0.05) is 18.3 Å². The Morgan fingerprint density at radius 2 is 1.42 bits per heavy atom. The number of carbonyl (C=O) groups is 1. The maximum atomic E-state index is 12.1. The molecule has 4 nitrogen and oxygen atoms in total. The van der Waals surface area contributed by atoms with Gasteiger partial charge in [-0.3, -0.25) is 4.79 Å². The molecule has 0 fully saturated rings. The Labute approximate surface area is 204 Å². The van der Waals surface area contributed by atoms with Crippen molar-refractivity contribution in [3.63, 3.8) is 0 Å². The quantitative estimate of drug-likeness (QED) is 0.172. The lowest BCUT2D eigenvalue weighted by atomic mass is 10.0. The molecule has 0 saturated carbocycles. The third-order valence-corrected chi connectivity index (χ3v) is 6.10. The first-order valence-electron chi connectivity index (χ1n) is 13.8. The lowest BCUT2D eigenvalue weighted by Gasteiger charge is -2.11. The molecule has 0 radical (unpaired) electrons. The number of nitrogens with one attached hydrogen (secondary N) is 2. The summed E-state index contributed by atoms with van der Waals surface area (Å²) in [5.41, 5.74) is 0.920. The van der Waals surface area contributed by atoms with Gasteiger partial charge in [0.05, 0.1) is 13.2 Å². The van der Waals surface area contributed by atoms with E-state index in [1.165, 1.54) is 83.5 Å². The van der Waals surface area contributed by atoms with Crippen molar-refractivity contribution in [3.05, 3.63) is 24.3 Å². The minimum absolute atomic E-state index is 0.0517. The highest BCUT2D eigenvalue weighted by molar-refractivity contribution is 5.80. The Kier molecular flexibility index (Phi) is 18.5. The number of carbonyl (C=O) groups excluding carboxylic acids is 1. The summed E-state index contributed by atoms with van der Waals surface area (Å²) in [6.45, 7) is 8.46. The summed E-state index contributed by atoms with van der Waals surface area (Å²) in [4.78, 5) is 12.1. The summed E-state index contributed by atoms with van der Waals surface area (Å²) in [7, 11) is 0. The molecule has 33 heavy (non-hydrogen) atoms. The molecule has 1 aromatic rings. The van der Waals surface area contributed by atoms with Crippen molar-refractivity contribution in [1.82, 2.24) is 5.32 Å². The Morgan fingerprint density at radius 1 is 0.848 bits per heavy atom. The van der Waals surface area contributed by atoms with E-state index in [2.05, 4.69) is 31.4 Å². The number of unbranched alkanes of at least 4 members (excludes halogenated alkanes) is 13. The highest BCUT2D eigenvalue weighted by atomic mass is 16.5. The third kappa shape index (κ3) is 18.4. The zero-order valence-corrected chi connectivity index (χ0v) is 21.9. The van der Waals surface area contributed by atoms with Crippen LogP contribution in [-0.2, 0) is 4.79 Å². The second-order valence-corrected chi connectivity index (χ2v) is 9.86. The predicted molar refractivity (Wildman–Crippen MR) is 143 cm³/mol. The molecule has 0 bridgehead atoms. The van der Waals surface area contributed by atoms with E-state index in [-0.39, 0.29) is 5.91 Å². The molecule has 2 N–H and O–H groups in total. The van der Waals surface area contributed by atoms with Gasteiger partial charge in [0.15, 0.2) is 0 Å². The number of ether oxygens (including phenoxy) is 1. The van der Waals surface area contributed by atoms with Gasteiger partial charge in [0.2, 0.25) is 5.91 Å². The number of anilines is 1. The molecule has 1 aromatic carbocycles. The largest absolute Gasteiger partial charge is 0.494 e. The Bertz CT molecular complexity index is 589. The topological polar surface area (TPSA) is 50.4 Å². The van der Waals surface area contributed by atoms with E-state index in [0.717, 1.165) is 37.4 Å². The second-order valence-electron chi connectivity index (χ2n) is 9.86. The van der Waals surface area contributed by atoms with E-state index in [0.29, 0.717) is 12.5 Å². The van der Waals surface area contributed by atoms with Gasteiger partial charge in [-0.25, -0.2) is 0 Å². The van der Waals surface area contributed by atoms with Crippen molar-refractivity contribution in [2.75, 3.05) is 25.0 Å². The summed E-state index contributed by atoms with van der Waals surface area (Å²) >= 11 is 0. The highest BCUT2D eigenvalue weighted by Crippen LogP contribution is 2.18. The molecule has 0 atom stereocenters. The SMILES string of the molecule is CCCCCCCCCCCCCCCCNC(=O)CNc1cccc(OCCC(C)C)c1. The van der Waals surface area contributed by atoms with Crippen LogP contribution in [0.25, 0.3) is 0 Å². The Morgan fingerprint density at radius 3 is 2.00 bits per heavy atom. The molecular formula is C29H52N2O2. The molecule has 4 heteroatoms. The van der Waals surface area contributed by atoms with E-state index in [9.17, 15) is 4.79 Å². The summed E-state index contributed by atoms with van der Waals surface area (Å²) in [5.74, 6) is 1.54. The van der Waals surface area contributed by atoms with Crippen LogP contribution in [0.5, 0.6) is 5.75 Å². The molecule has 0 unspecified atom stereocenters. The smallest absolute Gasteiger partial charge is 0.239 e. The van der Waals surface area contributed by atoms with Gasteiger partial charge in [-0.05, 0) is 30.9 Å². The van der Waals surface area contributed by atoms with E-state index < -0.39 is 0 Å². The number of benzene rings is 1. The molecule has 0 aliphatic carbocycles. The first kappa shape index (κ1) is 29.3. The van der Waals surface area contributed by atoms with Crippen molar-refractivity contribution >= 4 is 11.6 Å². The average molecular weight is 461 g/mol. The van der Waals surface area contributed by atoms with Crippen molar-refractivity contribution < 1.29 is 9.53 Å². The number of hydrogen-bond acceptors (Lipinski definition) is 3. The number of rotatable bonds is 22. The maximum Gasteiger partial charge on any atom is 0.239 e. The van der Waals surface area contributed by atoms with E-state index >= 15 is 0 Å². The van der Waals surface area contributed by atoms with Crippen LogP contribution in [0.1, 0.15) is 117 Å².